The topological polar surface area (TPSA) is 52.6 Å². The molecule has 4 heteroatoms. The smallest absolute Gasteiger partial charge is 0.330 e. The second kappa shape index (κ2) is 11.2. The minimum Gasteiger partial charge on any atom is -0.459 e. The minimum atomic E-state index is -0.540. The van der Waals surface area contributed by atoms with Crippen molar-refractivity contribution >= 4 is 11.9 Å². The van der Waals surface area contributed by atoms with Crippen LogP contribution in [0.15, 0.2) is 38.0 Å². The lowest BCUT2D eigenvalue weighted by Crippen LogP contribution is -2.20. The number of ether oxygens (including phenoxy) is 2. The maximum Gasteiger partial charge on any atom is 0.330 e. The summed E-state index contributed by atoms with van der Waals surface area (Å²) in [6.45, 7) is 13.3. The van der Waals surface area contributed by atoms with Crippen LogP contribution in [0, 0.1) is 0 Å². The molecule has 0 fully saturated rings. The molecule has 0 rings (SSSR count). The van der Waals surface area contributed by atoms with Gasteiger partial charge in [0.05, 0.1) is 0 Å². The summed E-state index contributed by atoms with van der Waals surface area (Å²) in [6.07, 6.45) is 3.36. The number of rotatable bonds is 5. The van der Waals surface area contributed by atoms with Crippen molar-refractivity contribution in [3.8, 4) is 0 Å². The Morgan fingerprint density at radius 1 is 1.19 bits per heavy atom. The highest BCUT2D eigenvalue weighted by atomic mass is 16.6. The molecule has 0 heterocycles. The highest BCUT2D eigenvalue weighted by molar-refractivity contribution is 5.82. The molecule has 0 saturated carbocycles. The van der Waals surface area contributed by atoms with Gasteiger partial charge in [0.1, 0.15) is 12.7 Å². The maximum absolute atomic E-state index is 10.6. The lowest BCUT2D eigenvalue weighted by Gasteiger charge is -2.10. The van der Waals surface area contributed by atoms with E-state index >= 15 is 0 Å². The molecule has 1 unspecified atom stereocenters. The van der Waals surface area contributed by atoms with Gasteiger partial charge in [-0.2, -0.15) is 0 Å². The van der Waals surface area contributed by atoms with E-state index in [9.17, 15) is 9.59 Å². The van der Waals surface area contributed by atoms with Gasteiger partial charge in [-0.3, -0.25) is 0 Å². The number of carbonyl (C=O) groups excluding carboxylic acids is 2. The van der Waals surface area contributed by atoms with Crippen LogP contribution in [0.2, 0.25) is 0 Å². The molecule has 0 aliphatic carbocycles. The fraction of sp³-hybridized carbons (Fsp3) is 0.333. The Balaban J connectivity index is 0. The van der Waals surface area contributed by atoms with Crippen LogP contribution in [0.3, 0.4) is 0 Å². The molecule has 0 aromatic rings. The van der Waals surface area contributed by atoms with Crippen LogP contribution < -0.4 is 0 Å². The minimum absolute atomic E-state index is 0.0183. The molecule has 1 atom stereocenters. The molecule has 0 saturated heterocycles. The lowest BCUT2D eigenvalue weighted by molar-refractivity contribution is -0.151. The van der Waals surface area contributed by atoms with E-state index in [1.54, 1.807) is 13.0 Å². The van der Waals surface area contributed by atoms with Gasteiger partial charge in [0.2, 0.25) is 0 Å². The van der Waals surface area contributed by atoms with Gasteiger partial charge in [-0.05, 0) is 13.8 Å². The van der Waals surface area contributed by atoms with Gasteiger partial charge in [0.15, 0.2) is 0 Å². The number of hydrogen-bond donors (Lipinski definition) is 0. The Morgan fingerprint density at radius 3 is 2.00 bits per heavy atom. The van der Waals surface area contributed by atoms with Crippen LogP contribution in [-0.4, -0.2) is 24.6 Å². The Labute approximate surface area is 96.2 Å². The van der Waals surface area contributed by atoms with Gasteiger partial charge >= 0.3 is 11.9 Å². The molecule has 0 spiro atoms. The molecule has 0 bridgehead atoms. The molecule has 90 valence electrons. The van der Waals surface area contributed by atoms with E-state index in [0.717, 1.165) is 12.2 Å². The van der Waals surface area contributed by atoms with E-state index in [-0.39, 0.29) is 6.61 Å². The second-order valence-corrected chi connectivity index (χ2v) is 2.69. The van der Waals surface area contributed by atoms with Crippen molar-refractivity contribution in [2.45, 2.75) is 20.0 Å². The third kappa shape index (κ3) is 12.2. The zero-order chi connectivity index (χ0) is 13.0. The molecule has 0 N–H and O–H groups in total. The summed E-state index contributed by atoms with van der Waals surface area (Å²) >= 11 is 0. The third-order valence-electron chi connectivity index (χ3n) is 1.11. The Hall–Kier alpha value is -1.84. The zero-order valence-corrected chi connectivity index (χ0v) is 9.77. The van der Waals surface area contributed by atoms with E-state index in [1.807, 2.05) is 6.92 Å². The van der Waals surface area contributed by atoms with Crippen LogP contribution in [0.5, 0.6) is 0 Å². The van der Waals surface area contributed by atoms with Gasteiger partial charge in [0.25, 0.3) is 0 Å². The highest BCUT2D eigenvalue weighted by Gasteiger charge is 2.07. The van der Waals surface area contributed by atoms with Crippen LogP contribution in [0.4, 0.5) is 0 Å². The quantitative estimate of drug-likeness (QED) is 0.409. The lowest BCUT2D eigenvalue weighted by atomic mass is 10.4. The van der Waals surface area contributed by atoms with E-state index in [0.29, 0.717) is 0 Å². The van der Waals surface area contributed by atoms with Crippen LogP contribution in [-0.2, 0) is 19.1 Å². The summed E-state index contributed by atoms with van der Waals surface area (Å²) in [5.74, 6) is -1.08. The maximum atomic E-state index is 10.6. The first-order valence-corrected chi connectivity index (χ1v) is 4.71. The summed E-state index contributed by atoms with van der Waals surface area (Å²) in [4.78, 5) is 21.2. The van der Waals surface area contributed by atoms with Crippen molar-refractivity contribution in [3.05, 3.63) is 38.0 Å². The average Bonchev–Trinajstić information content (AvgIpc) is 2.26. The van der Waals surface area contributed by atoms with Crippen molar-refractivity contribution < 1.29 is 19.1 Å². The summed E-state index contributed by atoms with van der Waals surface area (Å²) in [5, 5.41) is 0. The van der Waals surface area contributed by atoms with Gasteiger partial charge in [-0.25, -0.2) is 9.59 Å². The number of carbonyl (C=O) groups is 2. The van der Waals surface area contributed by atoms with Crippen LogP contribution in [0.25, 0.3) is 0 Å². The number of allylic oxidation sites excluding steroid dienone is 1. The first-order valence-electron chi connectivity index (χ1n) is 4.71. The Kier molecular flexibility index (Phi) is 11.6. The molecule has 0 amide bonds. The molecule has 16 heavy (non-hydrogen) atoms. The van der Waals surface area contributed by atoms with E-state index in [1.165, 1.54) is 0 Å². The Bertz CT molecular complexity index is 256. The summed E-state index contributed by atoms with van der Waals surface area (Å²) < 4.78 is 9.36. The molecular formula is C12H18O4. The fourth-order valence-electron chi connectivity index (χ4n) is 0.539. The standard InChI is InChI=1S/C9H12O4.C3H6/c1-4-8(10)12-6-7(3)13-9(11)5-2;1-3-2/h4-5,7H,1-2,6H2,3H3;3H,1H2,2H3. The molecule has 0 radical (unpaired) electrons. The summed E-state index contributed by atoms with van der Waals surface area (Å²) in [6, 6.07) is 0. The van der Waals surface area contributed by atoms with Crippen LogP contribution in [0.1, 0.15) is 13.8 Å². The van der Waals surface area contributed by atoms with Crippen molar-refractivity contribution in [3.63, 3.8) is 0 Å². The van der Waals surface area contributed by atoms with Gasteiger partial charge in [-0.15, -0.1) is 6.58 Å². The third-order valence-corrected chi connectivity index (χ3v) is 1.11. The predicted octanol–water partition coefficient (Wildman–Crippen LogP) is 2.03. The SMILES string of the molecule is C=CC.C=CC(=O)OCC(C)OC(=O)C=C. The first kappa shape index (κ1) is 16.6. The van der Waals surface area contributed by atoms with E-state index < -0.39 is 18.0 Å². The molecule has 0 aliphatic rings. The van der Waals surface area contributed by atoms with Crippen LogP contribution >= 0.6 is 0 Å². The first-order chi connectivity index (χ1) is 7.51. The van der Waals surface area contributed by atoms with Gasteiger partial charge < -0.3 is 9.47 Å². The van der Waals surface area contributed by atoms with Gasteiger partial charge in [0, 0.05) is 12.2 Å². The molecule has 0 aliphatic heterocycles. The zero-order valence-electron chi connectivity index (χ0n) is 9.77. The Morgan fingerprint density at radius 2 is 1.62 bits per heavy atom. The van der Waals surface area contributed by atoms with Gasteiger partial charge in [-0.1, -0.05) is 19.2 Å². The number of hydrogen-bond acceptors (Lipinski definition) is 4. The summed E-state index contributed by atoms with van der Waals surface area (Å²) in [5.41, 5.74) is 0. The van der Waals surface area contributed by atoms with E-state index in [4.69, 9.17) is 4.74 Å². The predicted molar refractivity (Wildman–Crippen MR) is 62.8 cm³/mol. The van der Waals surface area contributed by atoms with Crippen molar-refractivity contribution in [1.82, 2.24) is 0 Å². The molecular weight excluding hydrogens is 208 g/mol. The molecule has 0 aromatic carbocycles. The van der Waals surface area contributed by atoms with Crippen molar-refractivity contribution in [2.24, 2.45) is 0 Å². The highest BCUT2D eigenvalue weighted by Crippen LogP contribution is 1.94. The fourth-order valence-corrected chi connectivity index (χ4v) is 0.539. The number of esters is 2. The average molecular weight is 226 g/mol. The molecule has 4 nitrogen and oxygen atoms in total. The van der Waals surface area contributed by atoms with Crippen molar-refractivity contribution in [1.29, 1.82) is 0 Å². The molecule has 0 aromatic heterocycles. The normalized spacial score (nSPS) is 9.88. The van der Waals surface area contributed by atoms with E-state index in [2.05, 4.69) is 24.5 Å². The summed E-state index contributed by atoms with van der Waals surface area (Å²) in [7, 11) is 0. The van der Waals surface area contributed by atoms with Crippen molar-refractivity contribution in [2.75, 3.05) is 6.61 Å². The second-order valence-electron chi connectivity index (χ2n) is 2.69. The monoisotopic (exact) mass is 226 g/mol. The largest absolute Gasteiger partial charge is 0.459 e.